The maximum Gasteiger partial charge on any atom is 0.407 e. The fourth-order valence-corrected chi connectivity index (χ4v) is 3.94. The predicted octanol–water partition coefficient (Wildman–Crippen LogP) is 3.33. The van der Waals surface area contributed by atoms with Gasteiger partial charge in [-0.1, -0.05) is 6.42 Å². The first-order chi connectivity index (χ1) is 8.26. The van der Waals surface area contributed by atoms with Gasteiger partial charge in [-0.15, -0.1) is 0 Å². The lowest BCUT2D eigenvalue weighted by atomic mass is 9.87. The molecule has 1 rings (SSSR count). The number of hydrogen-bond donors (Lipinski definition) is 2. The zero-order valence-corrected chi connectivity index (χ0v) is 13.3. The van der Waals surface area contributed by atoms with Crippen LogP contribution in [0.15, 0.2) is 0 Å². The Hall–Kier alpha value is -0.380. The first-order valence-electron chi connectivity index (χ1n) is 6.90. The van der Waals surface area contributed by atoms with Gasteiger partial charge in [-0.25, -0.2) is 4.79 Å². The van der Waals surface area contributed by atoms with E-state index < -0.39 is 5.60 Å². The molecule has 1 N–H and O–H groups in total. The van der Waals surface area contributed by atoms with Crippen LogP contribution in [0, 0.1) is 5.92 Å². The summed E-state index contributed by atoms with van der Waals surface area (Å²) in [7, 11) is 0.171. The molecule has 0 aromatic rings. The van der Waals surface area contributed by atoms with Crippen LogP contribution in [0.5, 0.6) is 0 Å². The minimum Gasteiger partial charge on any atom is -0.444 e. The van der Waals surface area contributed by atoms with Gasteiger partial charge in [0.05, 0.1) is 0 Å². The Morgan fingerprint density at radius 3 is 2.56 bits per heavy atom. The average molecular weight is 275 g/mol. The molecule has 0 unspecified atom stereocenters. The molecule has 0 bridgehead atoms. The Morgan fingerprint density at radius 1 is 1.33 bits per heavy atom. The summed E-state index contributed by atoms with van der Waals surface area (Å²) >= 11 is 0. The second-order valence-electron chi connectivity index (χ2n) is 6.64. The lowest BCUT2D eigenvalue weighted by Crippen LogP contribution is -2.41. The van der Waals surface area contributed by atoms with Crippen molar-refractivity contribution in [3.8, 4) is 0 Å². The molecule has 1 amide bonds. The second-order valence-corrected chi connectivity index (χ2v) is 9.16. The standard InChI is InChI=1S/C14H29NO2S/c1-14(2,3)17-13(16)15-12-8-6-7-11(9-12)10-18(4)5/h11-12,18H,6-10H2,1-5H3,(H,15,16)/t11-,12+/m0/s1. The van der Waals surface area contributed by atoms with Crippen LogP contribution in [0.3, 0.4) is 0 Å². The molecule has 0 heterocycles. The van der Waals surface area contributed by atoms with Crippen LogP contribution in [-0.4, -0.2) is 36.0 Å². The van der Waals surface area contributed by atoms with Gasteiger partial charge in [0.25, 0.3) is 0 Å². The van der Waals surface area contributed by atoms with E-state index >= 15 is 0 Å². The lowest BCUT2D eigenvalue weighted by Gasteiger charge is -2.32. The third kappa shape index (κ3) is 6.53. The molecule has 1 aliphatic carbocycles. The fourth-order valence-electron chi connectivity index (χ4n) is 2.58. The molecule has 0 saturated heterocycles. The van der Waals surface area contributed by atoms with E-state index in [2.05, 4.69) is 17.8 Å². The van der Waals surface area contributed by atoms with Gasteiger partial charge < -0.3 is 10.1 Å². The van der Waals surface area contributed by atoms with E-state index in [0.29, 0.717) is 6.04 Å². The summed E-state index contributed by atoms with van der Waals surface area (Å²) in [5.41, 5.74) is -0.403. The molecule has 1 aliphatic rings. The highest BCUT2D eigenvalue weighted by Crippen LogP contribution is 2.30. The van der Waals surface area contributed by atoms with E-state index in [-0.39, 0.29) is 17.0 Å². The molecule has 0 aromatic heterocycles. The number of thiol groups is 1. The number of nitrogens with one attached hydrogen (secondary N) is 1. The molecule has 18 heavy (non-hydrogen) atoms. The molecule has 1 fully saturated rings. The highest BCUT2D eigenvalue weighted by molar-refractivity contribution is 8.15. The van der Waals surface area contributed by atoms with E-state index in [9.17, 15) is 4.79 Å². The normalized spacial score (nSPS) is 25.5. The maximum absolute atomic E-state index is 11.7. The SMILES string of the molecule is C[SH](C)C[C@H]1CCC[C@@H](NC(=O)OC(C)(C)C)C1. The molecule has 0 radical (unpaired) electrons. The van der Waals surface area contributed by atoms with Gasteiger partial charge in [0.2, 0.25) is 0 Å². The molecule has 108 valence electrons. The number of hydrogen-bond acceptors (Lipinski definition) is 2. The zero-order valence-electron chi connectivity index (χ0n) is 12.5. The first kappa shape index (κ1) is 15.7. The summed E-state index contributed by atoms with van der Waals surface area (Å²) < 4.78 is 5.31. The molecule has 0 aliphatic heterocycles. The van der Waals surface area contributed by atoms with Crippen molar-refractivity contribution in [1.29, 1.82) is 0 Å². The van der Waals surface area contributed by atoms with Gasteiger partial charge in [-0.05, 0) is 64.2 Å². The van der Waals surface area contributed by atoms with Crippen molar-refractivity contribution in [3.63, 3.8) is 0 Å². The van der Waals surface area contributed by atoms with Crippen LogP contribution < -0.4 is 5.32 Å². The topological polar surface area (TPSA) is 38.3 Å². The molecular weight excluding hydrogens is 246 g/mol. The summed E-state index contributed by atoms with van der Waals surface area (Å²) in [6, 6.07) is 0.313. The smallest absolute Gasteiger partial charge is 0.407 e. The Labute approximate surface area is 114 Å². The number of carbonyl (C=O) groups is 1. The molecule has 1 saturated carbocycles. The van der Waals surface area contributed by atoms with Crippen LogP contribution in [0.25, 0.3) is 0 Å². The highest BCUT2D eigenvalue weighted by atomic mass is 32.2. The quantitative estimate of drug-likeness (QED) is 0.775. The van der Waals surface area contributed by atoms with Crippen molar-refractivity contribution < 1.29 is 9.53 Å². The maximum atomic E-state index is 11.7. The van der Waals surface area contributed by atoms with E-state index in [1.807, 2.05) is 20.8 Å². The molecule has 4 heteroatoms. The number of amides is 1. The minimum absolute atomic E-state index is 0.171. The van der Waals surface area contributed by atoms with Gasteiger partial charge in [0.1, 0.15) is 5.60 Å². The Morgan fingerprint density at radius 2 is 2.00 bits per heavy atom. The Bertz CT molecular complexity index is 273. The minimum atomic E-state index is -0.403. The molecule has 3 nitrogen and oxygen atoms in total. The number of carbonyl (C=O) groups excluding carboxylic acids is 1. The summed E-state index contributed by atoms with van der Waals surface area (Å²) in [5, 5.41) is 3.02. The van der Waals surface area contributed by atoms with Crippen LogP contribution >= 0.6 is 10.9 Å². The van der Waals surface area contributed by atoms with Gasteiger partial charge >= 0.3 is 6.09 Å². The average Bonchev–Trinajstić information content (AvgIpc) is 2.13. The third-order valence-electron chi connectivity index (χ3n) is 3.13. The summed E-state index contributed by atoms with van der Waals surface area (Å²) in [4.78, 5) is 11.7. The van der Waals surface area contributed by atoms with Crippen LogP contribution in [0.2, 0.25) is 0 Å². The molecule has 2 atom stereocenters. The van der Waals surface area contributed by atoms with Crippen molar-refractivity contribution >= 4 is 17.0 Å². The summed E-state index contributed by atoms with van der Waals surface area (Å²) in [6.07, 6.45) is 9.19. The van der Waals surface area contributed by atoms with E-state index in [0.717, 1.165) is 18.8 Å². The van der Waals surface area contributed by atoms with Crippen molar-refractivity contribution in [2.45, 2.75) is 58.1 Å². The lowest BCUT2D eigenvalue weighted by molar-refractivity contribution is 0.0487. The number of ether oxygens (including phenoxy) is 1. The van der Waals surface area contributed by atoms with Gasteiger partial charge in [-0.2, -0.15) is 0 Å². The van der Waals surface area contributed by atoms with Crippen molar-refractivity contribution in [3.05, 3.63) is 0 Å². The summed E-state index contributed by atoms with van der Waals surface area (Å²) in [6.45, 7) is 5.70. The van der Waals surface area contributed by atoms with Crippen LogP contribution in [0.4, 0.5) is 4.79 Å². The third-order valence-corrected chi connectivity index (χ3v) is 4.37. The number of rotatable bonds is 3. The van der Waals surface area contributed by atoms with Crippen molar-refractivity contribution in [1.82, 2.24) is 5.32 Å². The fraction of sp³-hybridized carbons (Fsp3) is 0.929. The van der Waals surface area contributed by atoms with Crippen LogP contribution in [0.1, 0.15) is 46.5 Å². The largest absolute Gasteiger partial charge is 0.444 e. The monoisotopic (exact) mass is 275 g/mol. The Balaban J connectivity index is 2.36. The predicted molar refractivity (Wildman–Crippen MR) is 80.8 cm³/mol. The molecular formula is C14H29NO2S. The zero-order chi connectivity index (χ0) is 13.8. The van der Waals surface area contributed by atoms with Crippen LogP contribution in [-0.2, 0) is 4.74 Å². The van der Waals surface area contributed by atoms with Gasteiger partial charge in [0.15, 0.2) is 0 Å². The van der Waals surface area contributed by atoms with E-state index in [4.69, 9.17) is 4.74 Å². The van der Waals surface area contributed by atoms with Gasteiger partial charge in [0, 0.05) is 6.04 Å². The molecule has 0 aromatic carbocycles. The van der Waals surface area contributed by atoms with Crippen molar-refractivity contribution in [2.75, 3.05) is 18.3 Å². The van der Waals surface area contributed by atoms with E-state index in [1.165, 1.54) is 18.6 Å². The highest BCUT2D eigenvalue weighted by Gasteiger charge is 2.25. The summed E-state index contributed by atoms with van der Waals surface area (Å²) in [5.74, 6) is 2.13. The van der Waals surface area contributed by atoms with Crippen molar-refractivity contribution in [2.24, 2.45) is 5.92 Å². The molecule has 0 spiro atoms. The van der Waals surface area contributed by atoms with E-state index in [1.54, 1.807) is 0 Å². The number of alkyl carbamates (subject to hydrolysis) is 1. The Kier molecular flexibility index (Phi) is 5.83. The van der Waals surface area contributed by atoms with Gasteiger partial charge in [-0.3, -0.25) is 10.9 Å². The first-order valence-corrected chi connectivity index (χ1v) is 9.32. The second kappa shape index (κ2) is 6.69.